The molecule has 0 bridgehead atoms. The number of hydrogen-bond donors (Lipinski definition) is 1. The van der Waals surface area contributed by atoms with Gasteiger partial charge in [0.05, 0.1) is 6.04 Å². The molecule has 1 aromatic rings. The minimum Gasteiger partial charge on any atom is -0.353 e. The summed E-state index contributed by atoms with van der Waals surface area (Å²) in [7, 11) is 2.15. The lowest BCUT2D eigenvalue weighted by Gasteiger charge is -2.24. The Kier molecular flexibility index (Phi) is 5.11. The van der Waals surface area contributed by atoms with Crippen molar-refractivity contribution in [3.63, 3.8) is 0 Å². The number of carbonyl (C=O) groups excluding carboxylic acids is 1. The molecule has 1 unspecified atom stereocenters. The first-order chi connectivity index (χ1) is 10.7. The monoisotopic (exact) mass is 301 g/mol. The number of likely N-dealkylation sites (N-methyl/N-ethyl adjacent to an activating group) is 1. The Morgan fingerprint density at radius 2 is 2.05 bits per heavy atom. The molecule has 1 saturated heterocycles. The Labute approximate surface area is 133 Å². The molecule has 120 valence electrons. The summed E-state index contributed by atoms with van der Waals surface area (Å²) in [4.78, 5) is 17.1. The van der Waals surface area contributed by atoms with Gasteiger partial charge in [-0.3, -0.25) is 9.69 Å². The van der Waals surface area contributed by atoms with Crippen LogP contribution >= 0.6 is 0 Å². The molecule has 4 nitrogen and oxygen atoms in total. The van der Waals surface area contributed by atoms with Crippen LogP contribution < -0.4 is 5.32 Å². The van der Waals surface area contributed by atoms with E-state index >= 15 is 0 Å². The zero-order chi connectivity index (χ0) is 15.4. The third-order valence-electron chi connectivity index (χ3n) is 4.83. The van der Waals surface area contributed by atoms with Crippen molar-refractivity contribution < 1.29 is 4.79 Å². The van der Waals surface area contributed by atoms with E-state index in [0.29, 0.717) is 0 Å². The number of rotatable bonds is 7. The molecule has 22 heavy (non-hydrogen) atoms. The van der Waals surface area contributed by atoms with Gasteiger partial charge in [0.25, 0.3) is 0 Å². The van der Waals surface area contributed by atoms with Crippen LogP contribution in [0.1, 0.15) is 31.2 Å². The Hall–Kier alpha value is -1.39. The number of amides is 1. The average Bonchev–Trinajstić information content (AvgIpc) is 3.28. The molecular weight excluding hydrogens is 274 g/mol. The lowest BCUT2D eigenvalue weighted by molar-refractivity contribution is -0.125. The third-order valence-corrected chi connectivity index (χ3v) is 4.83. The number of likely N-dealkylation sites (tertiary alicyclic amines) is 1. The highest BCUT2D eigenvalue weighted by Crippen LogP contribution is 2.24. The van der Waals surface area contributed by atoms with Crippen LogP contribution in [0.25, 0.3) is 0 Å². The van der Waals surface area contributed by atoms with Gasteiger partial charge in [-0.2, -0.15) is 0 Å². The summed E-state index contributed by atoms with van der Waals surface area (Å²) in [5, 5.41) is 3.13. The van der Waals surface area contributed by atoms with Crippen LogP contribution in [0, 0.1) is 0 Å². The van der Waals surface area contributed by atoms with Gasteiger partial charge in [-0.05, 0) is 44.8 Å². The van der Waals surface area contributed by atoms with Crippen LogP contribution in [0.3, 0.4) is 0 Å². The van der Waals surface area contributed by atoms with Crippen LogP contribution in [-0.2, 0) is 11.3 Å². The average molecular weight is 301 g/mol. The zero-order valence-corrected chi connectivity index (χ0v) is 13.5. The molecule has 1 amide bonds. The van der Waals surface area contributed by atoms with Crippen molar-refractivity contribution in [1.29, 1.82) is 0 Å². The van der Waals surface area contributed by atoms with Crippen molar-refractivity contribution in [2.45, 2.75) is 44.3 Å². The number of nitrogens with one attached hydrogen (secondary N) is 1. The highest BCUT2D eigenvalue weighted by Gasteiger charge is 2.30. The lowest BCUT2D eigenvalue weighted by atomic mass is 10.1. The smallest absolute Gasteiger partial charge is 0.237 e. The second-order valence-electron chi connectivity index (χ2n) is 6.62. The summed E-state index contributed by atoms with van der Waals surface area (Å²) in [6.07, 6.45) is 4.74. The fraction of sp³-hybridized carbons (Fsp3) is 0.611. The SMILES string of the molecule is CN(CCNC(=O)C1CCCN1Cc1ccccc1)C1CC1. The van der Waals surface area contributed by atoms with E-state index in [4.69, 9.17) is 0 Å². The van der Waals surface area contributed by atoms with Crippen molar-refractivity contribution >= 4 is 5.91 Å². The van der Waals surface area contributed by atoms with Gasteiger partial charge in [-0.15, -0.1) is 0 Å². The van der Waals surface area contributed by atoms with Gasteiger partial charge in [0.1, 0.15) is 0 Å². The first-order valence-electron chi connectivity index (χ1n) is 8.50. The van der Waals surface area contributed by atoms with Gasteiger partial charge in [0, 0.05) is 25.7 Å². The van der Waals surface area contributed by atoms with E-state index in [2.05, 4.69) is 46.4 Å². The Morgan fingerprint density at radius 1 is 1.27 bits per heavy atom. The maximum Gasteiger partial charge on any atom is 0.237 e. The Morgan fingerprint density at radius 3 is 2.77 bits per heavy atom. The summed E-state index contributed by atoms with van der Waals surface area (Å²) in [5.74, 6) is 0.206. The van der Waals surface area contributed by atoms with E-state index in [0.717, 1.165) is 45.1 Å². The molecular formula is C18H27N3O. The molecule has 4 heteroatoms. The van der Waals surface area contributed by atoms with Crippen molar-refractivity contribution in [2.75, 3.05) is 26.7 Å². The van der Waals surface area contributed by atoms with E-state index in [9.17, 15) is 4.79 Å². The van der Waals surface area contributed by atoms with E-state index < -0.39 is 0 Å². The maximum atomic E-state index is 12.4. The second kappa shape index (κ2) is 7.25. The molecule has 3 rings (SSSR count). The zero-order valence-electron chi connectivity index (χ0n) is 13.5. The minimum absolute atomic E-state index is 0.0476. The largest absolute Gasteiger partial charge is 0.353 e. The number of hydrogen-bond acceptors (Lipinski definition) is 3. The van der Waals surface area contributed by atoms with Crippen molar-refractivity contribution in [2.24, 2.45) is 0 Å². The Balaban J connectivity index is 1.46. The van der Waals surface area contributed by atoms with Crippen molar-refractivity contribution in [3.8, 4) is 0 Å². The van der Waals surface area contributed by atoms with Gasteiger partial charge >= 0.3 is 0 Å². The highest BCUT2D eigenvalue weighted by atomic mass is 16.2. The summed E-state index contributed by atoms with van der Waals surface area (Å²) >= 11 is 0. The van der Waals surface area contributed by atoms with E-state index in [1.54, 1.807) is 0 Å². The van der Waals surface area contributed by atoms with E-state index in [1.807, 2.05) is 6.07 Å². The predicted molar refractivity (Wildman–Crippen MR) is 88.5 cm³/mol. The number of carbonyl (C=O) groups is 1. The molecule has 1 aliphatic carbocycles. The van der Waals surface area contributed by atoms with Crippen molar-refractivity contribution in [3.05, 3.63) is 35.9 Å². The molecule has 1 atom stereocenters. The summed E-state index contributed by atoms with van der Waals surface area (Å²) in [6.45, 7) is 3.62. The summed E-state index contributed by atoms with van der Waals surface area (Å²) in [5.41, 5.74) is 1.29. The Bertz CT molecular complexity index is 486. The van der Waals surface area contributed by atoms with Gasteiger partial charge < -0.3 is 10.2 Å². The molecule has 1 aliphatic heterocycles. The minimum atomic E-state index is 0.0476. The van der Waals surface area contributed by atoms with Crippen molar-refractivity contribution in [1.82, 2.24) is 15.1 Å². The van der Waals surface area contributed by atoms with E-state index in [1.165, 1.54) is 18.4 Å². The molecule has 0 spiro atoms. The van der Waals surface area contributed by atoms with Crippen LogP contribution in [0.15, 0.2) is 30.3 Å². The maximum absolute atomic E-state index is 12.4. The normalized spacial score (nSPS) is 22.2. The van der Waals surface area contributed by atoms with Crippen LogP contribution in [0.4, 0.5) is 0 Å². The molecule has 0 radical (unpaired) electrons. The number of benzene rings is 1. The molecule has 2 fully saturated rings. The summed E-state index contributed by atoms with van der Waals surface area (Å²) < 4.78 is 0. The standard InChI is InChI=1S/C18H27N3O/c1-20(16-9-10-16)13-11-19-18(22)17-8-5-12-21(17)14-15-6-3-2-4-7-15/h2-4,6-7,16-17H,5,8-14H2,1H3,(H,19,22). The number of nitrogens with zero attached hydrogens (tertiary/aromatic N) is 2. The van der Waals surface area contributed by atoms with Crippen LogP contribution in [0.5, 0.6) is 0 Å². The van der Waals surface area contributed by atoms with Gasteiger partial charge in [-0.1, -0.05) is 30.3 Å². The van der Waals surface area contributed by atoms with Gasteiger partial charge in [0.2, 0.25) is 5.91 Å². The predicted octanol–water partition coefficient (Wildman–Crippen LogP) is 1.86. The molecule has 1 heterocycles. The third kappa shape index (κ3) is 4.08. The topological polar surface area (TPSA) is 35.6 Å². The van der Waals surface area contributed by atoms with Gasteiger partial charge in [0.15, 0.2) is 0 Å². The highest BCUT2D eigenvalue weighted by molar-refractivity contribution is 5.82. The molecule has 1 N–H and O–H groups in total. The molecule has 1 saturated carbocycles. The summed E-state index contributed by atoms with van der Waals surface area (Å²) in [6, 6.07) is 11.2. The fourth-order valence-electron chi connectivity index (χ4n) is 3.30. The molecule has 1 aromatic carbocycles. The van der Waals surface area contributed by atoms with E-state index in [-0.39, 0.29) is 11.9 Å². The quantitative estimate of drug-likeness (QED) is 0.835. The van der Waals surface area contributed by atoms with Gasteiger partial charge in [-0.25, -0.2) is 0 Å². The first kappa shape index (κ1) is 15.5. The van der Waals surface area contributed by atoms with Crippen LogP contribution in [0.2, 0.25) is 0 Å². The first-order valence-corrected chi connectivity index (χ1v) is 8.50. The molecule has 0 aromatic heterocycles. The molecule has 2 aliphatic rings. The lowest BCUT2D eigenvalue weighted by Crippen LogP contribution is -2.45. The fourth-order valence-corrected chi connectivity index (χ4v) is 3.30. The van der Waals surface area contributed by atoms with Crippen LogP contribution in [-0.4, -0.2) is 54.5 Å². The second-order valence-corrected chi connectivity index (χ2v) is 6.62.